The molecular weight excluding hydrogens is 289 g/mol. The Labute approximate surface area is 128 Å². The van der Waals surface area contributed by atoms with E-state index in [-0.39, 0.29) is 6.54 Å². The fourth-order valence-electron chi connectivity index (χ4n) is 1.12. The fourth-order valence-corrected chi connectivity index (χ4v) is 2.37. The van der Waals surface area contributed by atoms with Crippen LogP contribution < -0.4 is 9.61 Å². The summed E-state index contributed by atoms with van der Waals surface area (Å²) in [5, 5.41) is 2.60. The van der Waals surface area contributed by atoms with Crippen LogP contribution in [-0.2, 0) is 14.1 Å². The van der Waals surface area contributed by atoms with E-state index in [9.17, 15) is 9.36 Å². The highest BCUT2D eigenvalue weighted by molar-refractivity contribution is 7.57. The highest BCUT2D eigenvalue weighted by atomic mass is 31.2. The van der Waals surface area contributed by atoms with Gasteiger partial charge in [0.15, 0.2) is 0 Å². The van der Waals surface area contributed by atoms with Gasteiger partial charge in [-0.05, 0) is 12.1 Å². The number of rotatable bonds is 6. The number of para-hydroxylation sites is 1. The third-order valence-corrected chi connectivity index (χ3v) is 4.08. The molecule has 1 rings (SSSR count). The molecule has 122 valence electrons. The minimum atomic E-state index is -3.04. The van der Waals surface area contributed by atoms with Crippen molar-refractivity contribution in [1.29, 1.82) is 0 Å². The van der Waals surface area contributed by atoms with Crippen LogP contribution in [0.15, 0.2) is 30.3 Å². The maximum atomic E-state index is 12.2. The van der Waals surface area contributed by atoms with Crippen LogP contribution in [0, 0.1) is 0 Å². The number of benzene rings is 1. The summed E-state index contributed by atoms with van der Waals surface area (Å²) in [6.45, 7) is 9.60. The number of ether oxygens (including phenoxy) is 1. The van der Waals surface area contributed by atoms with E-state index in [1.807, 2.05) is 33.8 Å². The van der Waals surface area contributed by atoms with Crippen LogP contribution in [0.25, 0.3) is 0 Å². The normalized spacial score (nSPS) is 11.7. The van der Waals surface area contributed by atoms with Gasteiger partial charge in [0.05, 0.1) is 7.11 Å². The quantitative estimate of drug-likeness (QED) is 0.632. The van der Waals surface area contributed by atoms with Gasteiger partial charge in [0.2, 0.25) is 0 Å². The van der Waals surface area contributed by atoms with Gasteiger partial charge in [0, 0.05) is 6.16 Å². The van der Waals surface area contributed by atoms with Crippen molar-refractivity contribution in [3.8, 4) is 5.75 Å². The summed E-state index contributed by atoms with van der Waals surface area (Å²) in [5.41, 5.74) is 0. The van der Waals surface area contributed by atoms with Crippen LogP contribution in [-0.4, -0.2) is 25.8 Å². The third-order valence-electron chi connectivity index (χ3n) is 2.10. The van der Waals surface area contributed by atoms with E-state index in [2.05, 4.69) is 9.82 Å². The van der Waals surface area contributed by atoms with Crippen molar-refractivity contribution in [1.82, 2.24) is 5.09 Å². The Kier molecular flexibility index (Phi) is 14.3. The van der Waals surface area contributed by atoms with Gasteiger partial charge in [0.25, 0.3) is 0 Å². The molecule has 0 fully saturated rings. The van der Waals surface area contributed by atoms with Crippen LogP contribution in [0.1, 0.15) is 34.6 Å². The minimum Gasteiger partial charge on any atom is -0.468 e. The second kappa shape index (κ2) is 13.7. The maximum Gasteiger partial charge on any atom is 0.320 e. The van der Waals surface area contributed by atoms with E-state index in [4.69, 9.17) is 4.52 Å². The van der Waals surface area contributed by atoms with Gasteiger partial charge < -0.3 is 9.26 Å². The summed E-state index contributed by atoms with van der Waals surface area (Å²) < 4.78 is 22.1. The van der Waals surface area contributed by atoms with Crippen LogP contribution >= 0.6 is 7.52 Å². The van der Waals surface area contributed by atoms with Crippen LogP contribution in [0.5, 0.6) is 5.75 Å². The van der Waals surface area contributed by atoms with E-state index < -0.39 is 13.5 Å². The number of methoxy groups -OCH3 is 1. The van der Waals surface area contributed by atoms with Gasteiger partial charge in [-0.2, -0.15) is 0 Å². The Hall–Kier alpha value is -1.32. The first kappa shape index (κ1) is 22.0. The molecule has 0 amide bonds. The zero-order chi connectivity index (χ0) is 16.7. The van der Waals surface area contributed by atoms with Crippen molar-refractivity contribution in [3.63, 3.8) is 0 Å². The van der Waals surface area contributed by atoms with E-state index in [0.29, 0.717) is 11.9 Å². The van der Waals surface area contributed by atoms with Crippen molar-refractivity contribution >= 4 is 13.5 Å². The van der Waals surface area contributed by atoms with E-state index in [1.165, 1.54) is 7.11 Å². The summed E-state index contributed by atoms with van der Waals surface area (Å²) >= 11 is 0. The molecule has 1 atom stereocenters. The fraction of sp³-hybridized carbons (Fsp3) is 0.533. The molecule has 0 heterocycles. The van der Waals surface area contributed by atoms with Crippen LogP contribution in [0.3, 0.4) is 0 Å². The van der Waals surface area contributed by atoms with Crippen LogP contribution in [0.4, 0.5) is 0 Å². The van der Waals surface area contributed by atoms with Gasteiger partial charge in [-0.3, -0.25) is 9.36 Å². The molecule has 0 aromatic heterocycles. The van der Waals surface area contributed by atoms with Crippen molar-refractivity contribution < 1.29 is 18.6 Å². The van der Waals surface area contributed by atoms with E-state index in [1.54, 1.807) is 31.2 Å². The second-order valence-corrected chi connectivity index (χ2v) is 5.78. The highest BCUT2D eigenvalue weighted by Gasteiger charge is 2.22. The minimum absolute atomic E-state index is 0.131. The number of nitrogens with one attached hydrogen (secondary N) is 1. The Balaban J connectivity index is 0. The molecule has 1 aromatic carbocycles. The lowest BCUT2D eigenvalue weighted by Gasteiger charge is -2.18. The summed E-state index contributed by atoms with van der Waals surface area (Å²) in [5.74, 6) is 0.0328. The largest absolute Gasteiger partial charge is 0.468 e. The van der Waals surface area contributed by atoms with Crippen molar-refractivity contribution in [3.05, 3.63) is 30.3 Å². The average molecular weight is 317 g/mol. The number of carbonyl (C=O) groups is 1. The summed E-state index contributed by atoms with van der Waals surface area (Å²) in [6.07, 6.45) is 0.291. The van der Waals surface area contributed by atoms with Gasteiger partial charge >= 0.3 is 13.5 Å². The monoisotopic (exact) mass is 317 g/mol. The Morgan fingerprint density at radius 3 is 2.10 bits per heavy atom. The number of carbonyl (C=O) groups excluding carboxylic acids is 1. The van der Waals surface area contributed by atoms with Crippen molar-refractivity contribution in [2.75, 3.05) is 19.8 Å². The second-order valence-electron chi connectivity index (χ2n) is 3.31. The predicted molar refractivity (Wildman–Crippen MR) is 87.9 cm³/mol. The Morgan fingerprint density at radius 2 is 1.67 bits per heavy atom. The highest BCUT2D eigenvalue weighted by Crippen LogP contribution is 2.41. The molecule has 0 saturated heterocycles. The molecule has 0 saturated carbocycles. The lowest BCUT2D eigenvalue weighted by Crippen LogP contribution is -2.24. The molecule has 21 heavy (non-hydrogen) atoms. The molecule has 0 bridgehead atoms. The number of hydrogen-bond acceptors (Lipinski definition) is 4. The molecule has 1 aromatic rings. The standard InChI is InChI=1S/C11H16NO4P.2C2H6/c1-3-17(14,12-9-11(13)15-2)16-10-7-5-4-6-8-10;2*1-2/h4-8H,3,9H2,1-2H3,(H,12,14);2*1-2H3. The Morgan fingerprint density at radius 1 is 1.14 bits per heavy atom. The molecule has 0 aliphatic rings. The molecule has 0 radical (unpaired) electrons. The smallest absolute Gasteiger partial charge is 0.320 e. The van der Waals surface area contributed by atoms with Gasteiger partial charge in [-0.1, -0.05) is 52.8 Å². The van der Waals surface area contributed by atoms with Crippen molar-refractivity contribution in [2.45, 2.75) is 34.6 Å². The zero-order valence-electron chi connectivity index (χ0n) is 13.9. The molecule has 0 aliphatic carbocycles. The summed E-state index contributed by atoms with van der Waals surface area (Å²) in [6, 6.07) is 8.83. The van der Waals surface area contributed by atoms with E-state index in [0.717, 1.165) is 0 Å². The first-order valence-electron chi connectivity index (χ1n) is 7.25. The molecule has 0 spiro atoms. The first-order valence-corrected chi connectivity index (χ1v) is 9.06. The van der Waals surface area contributed by atoms with E-state index >= 15 is 0 Å². The summed E-state index contributed by atoms with van der Waals surface area (Å²) in [7, 11) is -1.76. The predicted octanol–water partition coefficient (Wildman–Crippen LogP) is 4.09. The molecular formula is C15H28NO4P. The maximum absolute atomic E-state index is 12.2. The molecule has 1 unspecified atom stereocenters. The zero-order valence-corrected chi connectivity index (χ0v) is 14.8. The molecule has 0 aliphatic heterocycles. The molecule has 1 N–H and O–H groups in total. The third kappa shape index (κ3) is 10.1. The molecule has 6 heteroatoms. The molecule has 5 nitrogen and oxygen atoms in total. The number of esters is 1. The average Bonchev–Trinajstić information content (AvgIpc) is 2.57. The summed E-state index contributed by atoms with van der Waals surface area (Å²) in [4.78, 5) is 11.0. The van der Waals surface area contributed by atoms with Gasteiger partial charge in [0.1, 0.15) is 12.3 Å². The lowest BCUT2D eigenvalue weighted by molar-refractivity contribution is -0.139. The Bertz CT molecular complexity index is 409. The number of hydrogen-bond donors (Lipinski definition) is 1. The lowest BCUT2D eigenvalue weighted by atomic mass is 10.3. The SMILES string of the molecule is CC.CC.CCP(=O)(NCC(=O)OC)Oc1ccccc1. The van der Waals surface area contributed by atoms with Gasteiger partial charge in [-0.25, -0.2) is 5.09 Å². The van der Waals surface area contributed by atoms with Crippen LogP contribution in [0.2, 0.25) is 0 Å². The van der Waals surface area contributed by atoms with Crippen molar-refractivity contribution in [2.24, 2.45) is 0 Å². The topological polar surface area (TPSA) is 64.6 Å². The van der Waals surface area contributed by atoms with Gasteiger partial charge in [-0.15, -0.1) is 0 Å². The first-order chi connectivity index (χ1) is 10.1.